The van der Waals surface area contributed by atoms with Crippen LogP contribution >= 0.6 is 0 Å². The van der Waals surface area contributed by atoms with Crippen LogP contribution in [0.4, 0.5) is 5.82 Å². The molecule has 2 rings (SSSR count). The Labute approximate surface area is 99.5 Å². The molecule has 0 fully saturated rings. The fourth-order valence-electron chi connectivity index (χ4n) is 1.55. The number of rotatable bonds is 5. The molecular weight excluding hydrogens is 218 g/mol. The lowest BCUT2D eigenvalue weighted by Crippen LogP contribution is -2.05. The summed E-state index contributed by atoms with van der Waals surface area (Å²) < 4.78 is 10.4. The quantitative estimate of drug-likeness (QED) is 0.771. The van der Waals surface area contributed by atoms with Crippen molar-refractivity contribution in [1.82, 2.24) is 10.2 Å². The maximum atomic E-state index is 5.85. The fourth-order valence-corrected chi connectivity index (χ4v) is 1.55. The Kier molecular flexibility index (Phi) is 3.62. The number of ether oxygens (including phenoxy) is 2. The molecule has 2 aromatic rings. The molecule has 0 saturated heterocycles. The lowest BCUT2D eigenvalue weighted by atomic mass is 10.1. The lowest BCUT2D eigenvalue weighted by Gasteiger charge is -2.05. The first kappa shape index (κ1) is 11.5. The molecule has 5 nitrogen and oxygen atoms in total. The van der Waals surface area contributed by atoms with Gasteiger partial charge in [-0.25, -0.2) is 0 Å². The highest BCUT2D eigenvalue weighted by Gasteiger charge is 2.13. The van der Waals surface area contributed by atoms with Crippen LogP contribution in [0.25, 0.3) is 11.1 Å². The minimum atomic E-state index is 0.445. The van der Waals surface area contributed by atoms with Gasteiger partial charge in [-0.05, 0) is 5.56 Å². The summed E-state index contributed by atoms with van der Waals surface area (Å²) in [5.41, 5.74) is 7.62. The van der Waals surface area contributed by atoms with E-state index in [-0.39, 0.29) is 0 Å². The predicted molar refractivity (Wildman–Crippen MR) is 65.8 cm³/mol. The van der Waals surface area contributed by atoms with E-state index in [1.165, 1.54) is 0 Å². The molecule has 0 aliphatic rings. The second-order valence-electron chi connectivity index (χ2n) is 3.52. The molecule has 1 aromatic heterocycles. The second kappa shape index (κ2) is 5.36. The Hall–Kier alpha value is -2.01. The summed E-state index contributed by atoms with van der Waals surface area (Å²) in [4.78, 5) is 0. The Morgan fingerprint density at radius 2 is 2.00 bits per heavy atom. The molecule has 1 aromatic carbocycles. The van der Waals surface area contributed by atoms with Crippen LogP contribution < -0.4 is 10.5 Å². The standard InChI is InChI=1S/C12H15N3O2/c1-16-7-8-17-12-10(11(13)14-15-12)9-5-3-2-4-6-9/h2-6H,7-8H2,1H3,(H3,13,14,15). The lowest BCUT2D eigenvalue weighted by molar-refractivity contribution is 0.144. The molecule has 17 heavy (non-hydrogen) atoms. The van der Waals surface area contributed by atoms with Crippen LogP contribution in [0.1, 0.15) is 0 Å². The van der Waals surface area contributed by atoms with Crippen LogP contribution in [0.5, 0.6) is 5.88 Å². The van der Waals surface area contributed by atoms with Crippen LogP contribution in [-0.2, 0) is 4.74 Å². The van der Waals surface area contributed by atoms with Crippen molar-refractivity contribution < 1.29 is 9.47 Å². The van der Waals surface area contributed by atoms with E-state index < -0.39 is 0 Å². The summed E-state index contributed by atoms with van der Waals surface area (Å²) in [5.74, 6) is 1.01. The number of benzene rings is 1. The summed E-state index contributed by atoms with van der Waals surface area (Å²) in [6.07, 6.45) is 0. The van der Waals surface area contributed by atoms with Gasteiger partial charge in [0.25, 0.3) is 0 Å². The molecule has 5 heteroatoms. The maximum Gasteiger partial charge on any atom is 0.242 e. The molecule has 0 aliphatic heterocycles. The maximum absolute atomic E-state index is 5.85. The Morgan fingerprint density at radius 3 is 2.71 bits per heavy atom. The fraction of sp³-hybridized carbons (Fsp3) is 0.250. The highest BCUT2D eigenvalue weighted by atomic mass is 16.5. The van der Waals surface area contributed by atoms with E-state index in [0.717, 1.165) is 11.1 Å². The molecule has 3 N–H and O–H groups in total. The third kappa shape index (κ3) is 2.57. The Morgan fingerprint density at radius 1 is 1.24 bits per heavy atom. The summed E-state index contributed by atoms with van der Waals surface area (Å²) in [6, 6.07) is 9.77. The number of aromatic nitrogens is 2. The van der Waals surface area contributed by atoms with Crippen molar-refractivity contribution in [3.05, 3.63) is 30.3 Å². The van der Waals surface area contributed by atoms with Crippen molar-refractivity contribution in [2.45, 2.75) is 0 Å². The van der Waals surface area contributed by atoms with E-state index in [1.54, 1.807) is 7.11 Å². The van der Waals surface area contributed by atoms with E-state index in [4.69, 9.17) is 15.2 Å². The molecule has 0 bridgehead atoms. The smallest absolute Gasteiger partial charge is 0.242 e. The van der Waals surface area contributed by atoms with E-state index in [9.17, 15) is 0 Å². The molecule has 0 atom stereocenters. The van der Waals surface area contributed by atoms with Gasteiger partial charge >= 0.3 is 0 Å². The van der Waals surface area contributed by atoms with Crippen molar-refractivity contribution in [3.63, 3.8) is 0 Å². The van der Waals surface area contributed by atoms with Gasteiger partial charge in [-0.2, -0.15) is 0 Å². The first-order chi connectivity index (χ1) is 8.33. The first-order valence-corrected chi connectivity index (χ1v) is 5.34. The van der Waals surface area contributed by atoms with Crippen molar-refractivity contribution >= 4 is 5.82 Å². The van der Waals surface area contributed by atoms with Gasteiger partial charge in [-0.15, -0.1) is 5.10 Å². The molecule has 0 spiro atoms. The van der Waals surface area contributed by atoms with Crippen molar-refractivity contribution in [1.29, 1.82) is 0 Å². The number of hydrogen-bond acceptors (Lipinski definition) is 4. The van der Waals surface area contributed by atoms with Crippen molar-refractivity contribution in [3.8, 4) is 17.0 Å². The van der Waals surface area contributed by atoms with Gasteiger partial charge in [0.2, 0.25) is 5.88 Å². The van der Waals surface area contributed by atoms with Gasteiger partial charge in [0, 0.05) is 7.11 Å². The zero-order chi connectivity index (χ0) is 12.1. The Bertz CT molecular complexity index is 468. The largest absolute Gasteiger partial charge is 0.474 e. The number of nitrogens with zero attached hydrogens (tertiary/aromatic N) is 1. The SMILES string of the molecule is COCCOc1n[nH]c(N)c1-c1ccccc1. The van der Waals surface area contributed by atoms with Crippen LogP contribution in [0.15, 0.2) is 30.3 Å². The van der Waals surface area contributed by atoms with Crippen LogP contribution in [0.2, 0.25) is 0 Å². The third-order valence-corrected chi connectivity index (χ3v) is 2.35. The number of nitrogen functional groups attached to an aromatic ring is 1. The normalized spacial score (nSPS) is 10.4. The van der Waals surface area contributed by atoms with Crippen LogP contribution in [0.3, 0.4) is 0 Å². The van der Waals surface area contributed by atoms with Crippen LogP contribution in [-0.4, -0.2) is 30.5 Å². The summed E-state index contributed by atoms with van der Waals surface area (Å²) >= 11 is 0. The van der Waals surface area contributed by atoms with E-state index >= 15 is 0 Å². The predicted octanol–water partition coefficient (Wildman–Crippen LogP) is 1.68. The molecule has 1 heterocycles. The van der Waals surface area contributed by atoms with Crippen molar-refractivity contribution in [2.24, 2.45) is 0 Å². The summed E-state index contributed by atoms with van der Waals surface area (Å²) in [7, 11) is 1.63. The molecular formula is C12H15N3O2. The van der Waals surface area contributed by atoms with Crippen molar-refractivity contribution in [2.75, 3.05) is 26.1 Å². The van der Waals surface area contributed by atoms with Gasteiger partial charge in [-0.1, -0.05) is 30.3 Å². The van der Waals surface area contributed by atoms with Gasteiger partial charge in [-0.3, -0.25) is 5.10 Å². The number of H-pyrrole nitrogens is 1. The van der Waals surface area contributed by atoms with Crippen LogP contribution in [0, 0.1) is 0 Å². The molecule has 0 saturated carbocycles. The number of nitrogens with one attached hydrogen (secondary N) is 1. The average Bonchev–Trinajstić information content (AvgIpc) is 2.72. The summed E-state index contributed by atoms with van der Waals surface area (Å²) in [5, 5.41) is 6.76. The zero-order valence-corrected chi connectivity index (χ0v) is 9.64. The van der Waals surface area contributed by atoms with Gasteiger partial charge in [0.05, 0.1) is 12.2 Å². The molecule has 0 radical (unpaired) electrons. The highest BCUT2D eigenvalue weighted by molar-refractivity contribution is 5.78. The number of anilines is 1. The van der Waals surface area contributed by atoms with E-state index in [2.05, 4.69) is 10.2 Å². The monoisotopic (exact) mass is 233 g/mol. The number of aromatic amines is 1. The Balaban J connectivity index is 2.24. The minimum Gasteiger partial charge on any atom is -0.474 e. The van der Waals surface area contributed by atoms with Gasteiger partial charge in [0.1, 0.15) is 12.4 Å². The van der Waals surface area contributed by atoms with E-state index in [0.29, 0.717) is 24.9 Å². The number of nitrogens with two attached hydrogens (primary N) is 1. The average molecular weight is 233 g/mol. The van der Waals surface area contributed by atoms with E-state index in [1.807, 2.05) is 30.3 Å². The third-order valence-electron chi connectivity index (χ3n) is 2.35. The topological polar surface area (TPSA) is 73.2 Å². The minimum absolute atomic E-state index is 0.445. The highest BCUT2D eigenvalue weighted by Crippen LogP contribution is 2.32. The zero-order valence-electron chi connectivity index (χ0n) is 9.64. The number of hydrogen-bond donors (Lipinski definition) is 2. The van der Waals surface area contributed by atoms with Gasteiger partial charge < -0.3 is 15.2 Å². The molecule has 0 unspecified atom stereocenters. The summed E-state index contributed by atoms with van der Waals surface area (Å²) in [6.45, 7) is 0.960. The first-order valence-electron chi connectivity index (χ1n) is 5.34. The number of methoxy groups -OCH3 is 1. The molecule has 0 aliphatic carbocycles. The molecule has 0 amide bonds. The second-order valence-corrected chi connectivity index (χ2v) is 3.52. The molecule has 90 valence electrons. The van der Waals surface area contributed by atoms with Gasteiger partial charge in [0.15, 0.2) is 0 Å².